The average molecular weight is 470 g/mol. The molecule has 2 heterocycles. The highest BCUT2D eigenvalue weighted by atomic mass is 35.5. The molecule has 3 aromatic rings. The zero-order chi connectivity index (χ0) is 22.9. The molecule has 0 radical (unpaired) electrons. The quantitative estimate of drug-likeness (QED) is 0.555. The van der Waals surface area contributed by atoms with Crippen LogP contribution in [0.25, 0.3) is 17.1 Å². The Kier molecular flexibility index (Phi) is 6.26. The molecule has 0 bridgehead atoms. The second-order valence-electron chi connectivity index (χ2n) is 8.51. The molecule has 1 saturated heterocycles. The van der Waals surface area contributed by atoms with Crippen LogP contribution in [-0.2, 0) is 10.2 Å². The number of rotatable bonds is 5. The monoisotopic (exact) mass is 469 g/mol. The van der Waals surface area contributed by atoms with Crippen molar-refractivity contribution in [1.82, 2.24) is 25.0 Å². The molecule has 0 saturated carbocycles. The van der Waals surface area contributed by atoms with Crippen molar-refractivity contribution in [2.45, 2.75) is 31.3 Å². The topological polar surface area (TPSA) is 80.1 Å². The van der Waals surface area contributed by atoms with Crippen LogP contribution < -0.4 is 5.32 Å². The molecule has 0 unspecified atom stereocenters. The van der Waals surface area contributed by atoms with E-state index in [1.165, 1.54) is 22.2 Å². The molecule has 32 heavy (non-hydrogen) atoms. The van der Waals surface area contributed by atoms with Crippen LogP contribution in [0.3, 0.4) is 0 Å². The number of amides is 3. The van der Waals surface area contributed by atoms with Crippen molar-refractivity contribution in [3.05, 3.63) is 59.1 Å². The molecule has 166 valence electrons. The average Bonchev–Trinajstić information content (AvgIpc) is 3.38. The maximum Gasteiger partial charge on any atom is 0.324 e. The van der Waals surface area contributed by atoms with Crippen molar-refractivity contribution in [3.63, 3.8) is 0 Å². The number of carbonyl (C=O) groups is 2. The van der Waals surface area contributed by atoms with Gasteiger partial charge in [-0.2, -0.15) is 0 Å². The molecule has 9 heteroatoms. The molecule has 1 N–H and O–H groups in total. The zero-order valence-corrected chi connectivity index (χ0v) is 19.7. The third-order valence-corrected chi connectivity index (χ3v) is 6.38. The minimum atomic E-state index is -0.352. The Labute approximate surface area is 196 Å². The first kappa shape index (κ1) is 22.4. The summed E-state index contributed by atoms with van der Waals surface area (Å²) in [6, 6.07) is 15.3. The lowest BCUT2D eigenvalue weighted by Crippen LogP contribution is -2.35. The standard InChI is InChI=1S/C23H24ClN5O2S/c1-23(2,3)16-6-4-15(5-7-16)20-26-27-22(29(20)18-10-8-17(24)9-11-18)32-14-19(30)28-13-12-25-21(28)31/h4-11H,12-14H2,1-3H3,(H,25,31). The summed E-state index contributed by atoms with van der Waals surface area (Å²) in [5, 5.41) is 12.6. The third-order valence-electron chi connectivity index (χ3n) is 5.21. The van der Waals surface area contributed by atoms with Crippen LogP contribution in [0, 0.1) is 0 Å². The van der Waals surface area contributed by atoms with Crippen molar-refractivity contribution in [1.29, 1.82) is 0 Å². The molecular formula is C23H24ClN5O2S. The number of carbonyl (C=O) groups excluding carboxylic acids is 2. The van der Waals surface area contributed by atoms with Crippen molar-refractivity contribution in [2.75, 3.05) is 18.8 Å². The molecule has 0 spiro atoms. The van der Waals surface area contributed by atoms with Gasteiger partial charge < -0.3 is 5.32 Å². The first-order valence-electron chi connectivity index (χ1n) is 10.3. The third kappa shape index (κ3) is 4.66. The van der Waals surface area contributed by atoms with Crippen LogP contribution in [0.5, 0.6) is 0 Å². The predicted octanol–water partition coefficient (Wildman–Crippen LogP) is 4.53. The van der Waals surface area contributed by atoms with E-state index in [0.717, 1.165) is 11.3 Å². The van der Waals surface area contributed by atoms with Crippen molar-refractivity contribution in [2.24, 2.45) is 0 Å². The van der Waals surface area contributed by atoms with Crippen molar-refractivity contribution < 1.29 is 9.59 Å². The van der Waals surface area contributed by atoms with Gasteiger partial charge in [-0.15, -0.1) is 10.2 Å². The number of nitrogens with zero attached hydrogens (tertiary/aromatic N) is 4. The van der Waals surface area contributed by atoms with E-state index < -0.39 is 0 Å². The van der Waals surface area contributed by atoms with Gasteiger partial charge in [0.05, 0.1) is 5.75 Å². The van der Waals surface area contributed by atoms with Gasteiger partial charge >= 0.3 is 6.03 Å². The zero-order valence-electron chi connectivity index (χ0n) is 18.1. The normalized spacial score (nSPS) is 14.0. The molecule has 1 fully saturated rings. The number of urea groups is 1. The number of imide groups is 1. The molecule has 0 aliphatic carbocycles. The van der Waals surface area contributed by atoms with Crippen LogP contribution in [-0.4, -0.2) is 50.4 Å². The minimum absolute atomic E-state index is 0.0472. The smallest absolute Gasteiger partial charge is 0.324 e. The number of thioether (sulfide) groups is 1. The van der Waals surface area contributed by atoms with Crippen molar-refractivity contribution in [3.8, 4) is 17.1 Å². The summed E-state index contributed by atoms with van der Waals surface area (Å²) in [7, 11) is 0. The van der Waals surface area contributed by atoms with Crippen molar-refractivity contribution >= 4 is 35.3 Å². The van der Waals surface area contributed by atoms with E-state index in [9.17, 15) is 9.59 Å². The van der Waals surface area contributed by atoms with Crippen LogP contribution >= 0.6 is 23.4 Å². The molecule has 1 aliphatic rings. The fourth-order valence-electron chi connectivity index (χ4n) is 3.41. The fraction of sp³-hybridized carbons (Fsp3) is 0.304. The van der Waals surface area contributed by atoms with Gasteiger partial charge in [0.25, 0.3) is 0 Å². The minimum Gasteiger partial charge on any atom is -0.336 e. The first-order valence-corrected chi connectivity index (χ1v) is 11.6. The predicted molar refractivity (Wildman–Crippen MR) is 126 cm³/mol. The Morgan fingerprint density at radius 2 is 1.78 bits per heavy atom. The second kappa shape index (κ2) is 8.96. The summed E-state index contributed by atoms with van der Waals surface area (Å²) in [5.74, 6) is 0.496. The van der Waals surface area contributed by atoms with E-state index in [0.29, 0.717) is 29.1 Å². The summed E-state index contributed by atoms with van der Waals surface area (Å²) < 4.78 is 1.91. The molecule has 1 aromatic heterocycles. The SMILES string of the molecule is CC(C)(C)c1ccc(-c2nnc(SCC(=O)N3CCNC3=O)n2-c2ccc(Cl)cc2)cc1. The van der Waals surface area contributed by atoms with Gasteiger partial charge in [-0.3, -0.25) is 14.3 Å². The van der Waals surface area contributed by atoms with Crippen LogP contribution in [0.1, 0.15) is 26.3 Å². The Hall–Kier alpha value is -2.84. The van der Waals surface area contributed by atoms with E-state index in [2.05, 4.69) is 48.4 Å². The summed E-state index contributed by atoms with van der Waals surface area (Å²) in [5.41, 5.74) is 3.02. The Balaban J connectivity index is 1.66. The van der Waals surface area contributed by atoms with E-state index in [1.807, 2.05) is 28.8 Å². The number of halogens is 1. The molecule has 2 aromatic carbocycles. The maximum atomic E-state index is 12.5. The summed E-state index contributed by atoms with van der Waals surface area (Å²) in [6.45, 7) is 7.37. The molecule has 7 nitrogen and oxygen atoms in total. The Morgan fingerprint density at radius 1 is 1.09 bits per heavy atom. The second-order valence-corrected chi connectivity index (χ2v) is 9.89. The van der Waals surface area contributed by atoms with Gasteiger partial charge in [0.15, 0.2) is 11.0 Å². The summed E-state index contributed by atoms with van der Waals surface area (Å²) >= 11 is 7.34. The van der Waals surface area contributed by atoms with Gasteiger partial charge in [-0.1, -0.05) is 68.4 Å². The Bertz CT molecular complexity index is 1140. The molecule has 3 amide bonds. The number of aromatic nitrogens is 3. The van der Waals surface area contributed by atoms with Crippen LogP contribution in [0.4, 0.5) is 4.79 Å². The number of hydrogen-bond acceptors (Lipinski definition) is 5. The number of hydrogen-bond donors (Lipinski definition) is 1. The van der Waals surface area contributed by atoms with Crippen LogP contribution in [0.2, 0.25) is 5.02 Å². The van der Waals surface area contributed by atoms with Gasteiger partial charge in [0.2, 0.25) is 5.91 Å². The lowest BCUT2D eigenvalue weighted by atomic mass is 9.87. The van der Waals surface area contributed by atoms with E-state index in [4.69, 9.17) is 11.6 Å². The van der Waals surface area contributed by atoms with Gasteiger partial charge in [-0.25, -0.2) is 4.79 Å². The number of nitrogens with one attached hydrogen (secondary N) is 1. The summed E-state index contributed by atoms with van der Waals surface area (Å²) in [4.78, 5) is 25.5. The lowest BCUT2D eigenvalue weighted by molar-refractivity contribution is -0.124. The van der Waals surface area contributed by atoms with Crippen LogP contribution in [0.15, 0.2) is 53.7 Å². The van der Waals surface area contributed by atoms with E-state index in [1.54, 1.807) is 12.1 Å². The van der Waals surface area contributed by atoms with Gasteiger partial charge in [0, 0.05) is 29.4 Å². The Morgan fingerprint density at radius 3 is 2.38 bits per heavy atom. The van der Waals surface area contributed by atoms with Gasteiger partial charge in [-0.05, 0) is 35.2 Å². The largest absolute Gasteiger partial charge is 0.336 e. The molecule has 4 rings (SSSR count). The molecule has 1 aliphatic heterocycles. The first-order chi connectivity index (χ1) is 15.2. The highest BCUT2D eigenvalue weighted by Gasteiger charge is 2.27. The summed E-state index contributed by atoms with van der Waals surface area (Å²) in [6.07, 6.45) is 0. The molecule has 0 atom stereocenters. The lowest BCUT2D eigenvalue weighted by Gasteiger charge is -2.19. The van der Waals surface area contributed by atoms with E-state index >= 15 is 0 Å². The highest BCUT2D eigenvalue weighted by Crippen LogP contribution is 2.30. The number of benzene rings is 2. The fourth-order valence-corrected chi connectivity index (χ4v) is 4.36. The maximum absolute atomic E-state index is 12.5. The van der Waals surface area contributed by atoms with Gasteiger partial charge in [0.1, 0.15) is 0 Å². The molecular weight excluding hydrogens is 446 g/mol. The van der Waals surface area contributed by atoms with E-state index in [-0.39, 0.29) is 23.1 Å². The highest BCUT2D eigenvalue weighted by molar-refractivity contribution is 7.99.